The largest absolute Gasteiger partial charge is 0.497 e. The minimum Gasteiger partial charge on any atom is -0.497 e. The maximum atomic E-state index is 11.8. The summed E-state index contributed by atoms with van der Waals surface area (Å²) in [5.41, 5.74) is 8.99. The normalized spacial score (nSPS) is 11.4. The van der Waals surface area contributed by atoms with Crippen molar-refractivity contribution >= 4 is 39.7 Å². The van der Waals surface area contributed by atoms with Gasteiger partial charge in [-0.2, -0.15) is 4.57 Å². The number of hydrogen-bond donors (Lipinski definition) is 2. The van der Waals surface area contributed by atoms with Crippen molar-refractivity contribution < 1.29 is 14.1 Å². The lowest BCUT2D eigenvalue weighted by molar-refractivity contribution is -0.673. The molecule has 0 atom stereocenters. The molecular formula is C30H34N3O2+. The second kappa shape index (κ2) is 12.1. The molecule has 0 saturated carbocycles. The van der Waals surface area contributed by atoms with Crippen molar-refractivity contribution in [2.45, 2.75) is 32.2 Å². The SMILES string of the molecule is COc1ccc2cc(/C=C/c3ccc4ccccc4[n+]3CCCCCC(=O)NCCN)ccc2c1. The van der Waals surface area contributed by atoms with Crippen LogP contribution in [0.3, 0.4) is 0 Å². The van der Waals surface area contributed by atoms with Crippen LogP contribution in [0.2, 0.25) is 0 Å². The van der Waals surface area contributed by atoms with Crippen molar-refractivity contribution in [3.05, 3.63) is 84.1 Å². The van der Waals surface area contributed by atoms with Gasteiger partial charge in [0.05, 0.1) is 7.11 Å². The molecule has 0 unspecified atom stereocenters. The van der Waals surface area contributed by atoms with Gasteiger partial charge in [0.25, 0.3) is 0 Å². The van der Waals surface area contributed by atoms with E-state index >= 15 is 0 Å². The van der Waals surface area contributed by atoms with Crippen LogP contribution in [0.25, 0.3) is 33.8 Å². The molecule has 0 aliphatic rings. The molecule has 5 heteroatoms. The van der Waals surface area contributed by atoms with E-state index in [4.69, 9.17) is 10.5 Å². The number of rotatable bonds is 11. The number of para-hydroxylation sites is 1. The van der Waals surface area contributed by atoms with Crippen molar-refractivity contribution in [1.82, 2.24) is 5.32 Å². The van der Waals surface area contributed by atoms with Crippen LogP contribution in [0, 0.1) is 0 Å². The number of nitrogens with one attached hydrogen (secondary N) is 1. The summed E-state index contributed by atoms with van der Waals surface area (Å²) >= 11 is 0. The molecule has 0 aliphatic heterocycles. The third-order valence-corrected chi connectivity index (χ3v) is 6.24. The fraction of sp³-hybridized carbons (Fsp3) is 0.267. The molecule has 180 valence electrons. The number of nitrogens with zero attached hydrogens (tertiary/aromatic N) is 1. The first kappa shape index (κ1) is 24.4. The van der Waals surface area contributed by atoms with E-state index in [1.165, 1.54) is 27.4 Å². The number of unbranched alkanes of at least 4 members (excludes halogenated alkanes) is 2. The van der Waals surface area contributed by atoms with E-state index in [9.17, 15) is 4.79 Å². The molecule has 1 heterocycles. The molecular weight excluding hydrogens is 434 g/mol. The first-order valence-electron chi connectivity index (χ1n) is 12.3. The number of hydrogen-bond acceptors (Lipinski definition) is 3. The Bertz CT molecular complexity index is 1330. The first-order chi connectivity index (χ1) is 17.2. The van der Waals surface area contributed by atoms with Crippen LogP contribution in [-0.4, -0.2) is 26.1 Å². The zero-order valence-electron chi connectivity index (χ0n) is 20.4. The highest BCUT2D eigenvalue weighted by molar-refractivity contribution is 5.87. The van der Waals surface area contributed by atoms with Crippen LogP contribution in [0.4, 0.5) is 0 Å². The molecule has 4 rings (SSSR count). The van der Waals surface area contributed by atoms with Gasteiger partial charge in [-0.05, 0) is 65.6 Å². The van der Waals surface area contributed by atoms with Crippen molar-refractivity contribution in [2.75, 3.05) is 20.2 Å². The maximum absolute atomic E-state index is 11.8. The number of aryl methyl sites for hydroxylation is 1. The number of carbonyl (C=O) groups is 1. The van der Waals surface area contributed by atoms with Gasteiger partial charge in [0.1, 0.15) is 12.3 Å². The third kappa shape index (κ3) is 6.46. The number of aromatic nitrogens is 1. The number of benzene rings is 3. The van der Waals surface area contributed by atoms with Crippen molar-refractivity contribution in [2.24, 2.45) is 5.73 Å². The summed E-state index contributed by atoms with van der Waals surface area (Å²) in [7, 11) is 1.69. The molecule has 1 aromatic heterocycles. The number of fused-ring (bicyclic) bond motifs is 2. The molecule has 0 fully saturated rings. The Morgan fingerprint density at radius 1 is 0.914 bits per heavy atom. The van der Waals surface area contributed by atoms with E-state index in [1.54, 1.807) is 7.11 Å². The number of ether oxygens (including phenoxy) is 1. The fourth-order valence-corrected chi connectivity index (χ4v) is 4.36. The fourth-order valence-electron chi connectivity index (χ4n) is 4.36. The molecule has 0 radical (unpaired) electrons. The Balaban J connectivity index is 1.49. The highest BCUT2D eigenvalue weighted by Gasteiger charge is 2.13. The zero-order chi connectivity index (χ0) is 24.5. The first-order valence-corrected chi connectivity index (χ1v) is 12.3. The zero-order valence-corrected chi connectivity index (χ0v) is 20.4. The lowest BCUT2D eigenvalue weighted by atomic mass is 10.1. The second-order valence-electron chi connectivity index (χ2n) is 8.72. The predicted molar refractivity (Wildman–Crippen MR) is 144 cm³/mol. The summed E-state index contributed by atoms with van der Waals surface area (Å²) in [5.74, 6) is 0.958. The Morgan fingerprint density at radius 2 is 1.71 bits per heavy atom. The van der Waals surface area contributed by atoms with Crippen LogP contribution in [0.15, 0.2) is 72.8 Å². The lowest BCUT2D eigenvalue weighted by Crippen LogP contribution is -2.38. The lowest BCUT2D eigenvalue weighted by Gasteiger charge is -2.06. The molecule has 3 N–H and O–H groups in total. The van der Waals surface area contributed by atoms with E-state index in [-0.39, 0.29) is 5.91 Å². The summed E-state index contributed by atoms with van der Waals surface area (Å²) in [6, 6.07) is 25.5. The van der Waals surface area contributed by atoms with Crippen LogP contribution in [0.1, 0.15) is 36.9 Å². The summed E-state index contributed by atoms with van der Waals surface area (Å²) in [6.45, 7) is 1.93. The second-order valence-corrected chi connectivity index (χ2v) is 8.72. The Labute approximate surface area is 207 Å². The van der Waals surface area contributed by atoms with Crippen molar-refractivity contribution in [1.29, 1.82) is 0 Å². The Kier molecular flexibility index (Phi) is 8.47. The Morgan fingerprint density at radius 3 is 2.57 bits per heavy atom. The van der Waals surface area contributed by atoms with Crippen molar-refractivity contribution in [3.8, 4) is 5.75 Å². The quantitative estimate of drug-likeness (QED) is 0.238. The highest BCUT2D eigenvalue weighted by atomic mass is 16.5. The number of carbonyl (C=O) groups excluding carboxylic acids is 1. The van der Waals surface area contributed by atoms with E-state index < -0.39 is 0 Å². The van der Waals surface area contributed by atoms with Crippen molar-refractivity contribution in [3.63, 3.8) is 0 Å². The molecule has 0 spiro atoms. The average molecular weight is 469 g/mol. The molecule has 5 nitrogen and oxygen atoms in total. The summed E-state index contributed by atoms with van der Waals surface area (Å²) in [6.07, 6.45) is 7.82. The van der Waals surface area contributed by atoms with E-state index in [2.05, 4.69) is 88.8 Å². The molecule has 0 saturated heterocycles. The minimum atomic E-state index is 0.0886. The standard InChI is InChI=1S/C30H33N3O2/c1-35-28-17-14-25-21-23(10-12-26(25)22-28)11-15-27-16-13-24-7-4-5-8-29(24)33(27)20-6-2-3-9-30(34)32-19-18-31/h4-5,7-8,10-17,21-22H,2-3,6,9,18-20,31H2,1H3/p+1/b15-11+. The smallest absolute Gasteiger partial charge is 0.220 e. The van der Waals surface area contributed by atoms with Gasteiger partial charge < -0.3 is 15.8 Å². The monoisotopic (exact) mass is 468 g/mol. The molecule has 0 aliphatic carbocycles. The highest BCUT2D eigenvalue weighted by Crippen LogP contribution is 2.23. The van der Waals surface area contributed by atoms with Crippen LogP contribution >= 0.6 is 0 Å². The number of amides is 1. The Hall–Kier alpha value is -3.70. The number of nitrogens with two attached hydrogens (primary N) is 1. The van der Waals surface area contributed by atoms with Gasteiger partial charge in [-0.1, -0.05) is 30.3 Å². The van der Waals surface area contributed by atoms with Gasteiger partial charge in [-0.15, -0.1) is 0 Å². The van der Waals surface area contributed by atoms with E-state index in [1.807, 2.05) is 6.07 Å². The number of pyridine rings is 1. The van der Waals surface area contributed by atoms with Crippen LogP contribution in [-0.2, 0) is 11.3 Å². The van der Waals surface area contributed by atoms with Crippen LogP contribution < -0.4 is 20.4 Å². The third-order valence-electron chi connectivity index (χ3n) is 6.24. The molecule has 1 amide bonds. The van der Waals surface area contributed by atoms with Gasteiger partial charge in [0, 0.05) is 49.5 Å². The number of methoxy groups -OCH3 is 1. The van der Waals surface area contributed by atoms with E-state index in [0.717, 1.165) is 37.1 Å². The minimum absolute atomic E-state index is 0.0886. The molecule has 3 aromatic carbocycles. The van der Waals surface area contributed by atoms with Gasteiger partial charge in [-0.25, -0.2) is 0 Å². The van der Waals surface area contributed by atoms with Gasteiger partial charge in [0.2, 0.25) is 17.1 Å². The summed E-state index contributed by atoms with van der Waals surface area (Å²) in [4.78, 5) is 11.8. The molecule has 4 aromatic rings. The van der Waals surface area contributed by atoms with Gasteiger partial charge in [0.15, 0.2) is 0 Å². The van der Waals surface area contributed by atoms with Gasteiger partial charge >= 0.3 is 0 Å². The van der Waals surface area contributed by atoms with E-state index in [0.29, 0.717) is 19.5 Å². The average Bonchev–Trinajstić information content (AvgIpc) is 2.90. The summed E-state index contributed by atoms with van der Waals surface area (Å²) < 4.78 is 7.72. The van der Waals surface area contributed by atoms with Gasteiger partial charge in [-0.3, -0.25) is 4.79 Å². The maximum Gasteiger partial charge on any atom is 0.220 e. The molecule has 0 bridgehead atoms. The summed E-state index contributed by atoms with van der Waals surface area (Å²) in [5, 5.41) is 6.42. The predicted octanol–water partition coefficient (Wildman–Crippen LogP) is 5.09. The van der Waals surface area contributed by atoms with Crippen LogP contribution in [0.5, 0.6) is 5.75 Å². The molecule has 35 heavy (non-hydrogen) atoms. The topological polar surface area (TPSA) is 68.2 Å².